The van der Waals surface area contributed by atoms with E-state index in [1.165, 1.54) is 33.8 Å². The second-order valence-electron chi connectivity index (χ2n) is 7.39. The fourth-order valence-electron chi connectivity index (χ4n) is 3.44. The second-order valence-corrected chi connectivity index (χ2v) is 8.27. The molecule has 0 saturated heterocycles. The number of aromatic nitrogens is 2. The summed E-state index contributed by atoms with van der Waals surface area (Å²) in [6, 6.07) is 18.3. The van der Waals surface area contributed by atoms with E-state index in [2.05, 4.69) is 17.3 Å². The van der Waals surface area contributed by atoms with Crippen molar-refractivity contribution in [3.63, 3.8) is 0 Å². The summed E-state index contributed by atoms with van der Waals surface area (Å²) in [7, 11) is 0. The SMILES string of the molecule is CCOC(=O)c1c(-c2ccccc2)csc1NC(=O)c1nn(-c2ccc(CC)cc2)ccc1=O. The standard InChI is InChI=1S/C26H23N3O4S/c1-3-17-10-12-19(13-11-17)29-15-14-21(30)23(28-29)24(31)27-25-22(26(32)33-4-2)20(16-34-25)18-8-6-5-7-9-18/h5-16H,3-4H2,1-2H3,(H,27,31). The minimum absolute atomic E-state index is 0.193. The summed E-state index contributed by atoms with van der Waals surface area (Å²) in [6.07, 6.45) is 2.42. The van der Waals surface area contributed by atoms with E-state index in [1.807, 2.05) is 54.6 Å². The van der Waals surface area contributed by atoms with Crippen molar-refractivity contribution in [3.05, 3.63) is 99.3 Å². The zero-order valence-electron chi connectivity index (χ0n) is 18.8. The smallest absolute Gasteiger partial charge is 0.341 e. The van der Waals surface area contributed by atoms with Gasteiger partial charge in [0, 0.05) is 23.2 Å². The van der Waals surface area contributed by atoms with Crippen LogP contribution in [-0.4, -0.2) is 28.3 Å². The summed E-state index contributed by atoms with van der Waals surface area (Å²) in [5.41, 5.74) is 2.81. The van der Waals surface area contributed by atoms with Gasteiger partial charge in [-0.15, -0.1) is 11.3 Å². The molecule has 7 nitrogen and oxygen atoms in total. The van der Waals surface area contributed by atoms with Gasteiger partial charge in [0.1, 0.15) is 10.6 Å². The van der Waals surface area contributed by atoms with Gasteiger partial charge in [-0.05, 0) is 36.6 Å². The van der Waals surface area contributed by atoms with Crippen molar-refractivity contribution in [1.82, 2.24) is 9.78 Å². The minimum Gasteiger partial charge on any atom is -0.462 e. The Balaban J connectivity index is 1.68. The third kappa shape index (κ3) is 4.82. The lowest BCUT2D eigenvalue weighted by atomic mass is 10.0. The number of rotatable bonds is 7. The number of esters is 1. The van der Waals surface area contributed by atoms with Gasteiger partial charge < -0.3 is 10.1 Å². The van der Waals surface area contributed by atoms with Gasteiger partial charge >= 0.3 is 5.97 Å². The molecule has 0 aliphatic rings. The fraction of sp³-hybridized carbons (Fsp3) is 0.154. The highest BCUT2D eigenvalue weighted by Gasteiger charge is 2.24. The Kier molecular flexibility index (Phi) is 6.98. The van der Waals surface area contributed by atoms with E-state index in [-0.39, 0.29) is 17.9 Å². The van der Waals surface area contributed by atoms with Gasteiger partial charge in [0.25, 0.3) is 5.91 Å². The topological polar surface area (TPSA) is 90.3 Å². The molecule has 1 N–H and O–H groups in total. The normalized spacial score (nSPS) is 10.6. The van der Waals surface area contributed by atoms with Crippen LogP contribution in [0.1, 0.15) is 40.3 Å². The Hall–Kier alpha value is -4.04. The van der Waals surface area contributed by atoms with E-state index in [9.17, 15) is 14.4 Å². The molecule has 4 aromatic rings. The first-order chi connectivity index (χ1) is 16.5. The van der Waals surface area contributed by atoms with Gasteiger partial charge in [0.2, 0.25) is 5.43 Å². The lowest BCUT2D eigenvalue weighted by molar-refractivity contribution is 0.0529. The van der Waals surface area contributed by atoms with Crippen LogP contribution in [0.4, 0.5) is 5.00 Å². The number of ether oxygens (including phenoxy) is 1. The van der Waals surface area contributed by atoms with Gasteiger partial charge in [-0.25, -0.2) is 9.48 Å². The van der Waals surface area contributed by atoms with Gasteiger partial charge in [0.15, 0.2) is 5.69 Å². The Morgan fingerprint density at radius 1 is 1.03 bits per heavy atom. The lowest BCUT2D eigenvalue weighted by Crippen LogP contribution is -2.25. The van der Waals surface area contributed by atoms with Gasteiger partial charge in [-0.2, -0.15) is 5.10 Å². The zero-order chi connectivity index (χ0) is 24.1. The largest absolute Gasteiger partial charge is 0.462 e. The number of aryl methyl sites for hydroxylation is 1. The number of hydrogen-bond acceptors (Lipinski definition) is 6. The molecule has 2 heterocycles. The molecule has 0 radical (unpaired) electrons. The molecule has 4 rings (SSSR count). The summed E-state index contributed by atoms with van der Waals surface area (Å²) < 4.78 is 6.71. The molecule has 172 valence electrons. The monoisotopic (exact) mass is 473 g/mol. The first kappa shape index (κ1) is 23.1. The lowest BCUT2D eigenvalue weighted by Gasteiger charge is -2.10. The number of thiophene rings is 1. The van der Waals surface area contributed by atoms with Crippen molar-refractivity contribution in [2.75, 3.05) is 11.9 Å². The van der Waals surface area contributed by atoms with Crippen LogP contribution in [0.3, 0.4) is 0 Å². The average Bonchev–Trinajstić information content (AvgIpc) is 3.28. The number of nitrogens with zero attached hydrogens (tertiary/aromatic N) is 2. The van der Waals surface area contributed by atoms with Crippen LogP contribution in [-0.2, 0) is 11.2 Å². The summed E-state index contributed by atoms with van der Waals surface area (Å²) in [6.45, 7) is 3.97. The van der Waals surface area contributed by atoms with E-state index in [4.69, 9.17) is 4.74 Å². The highest BCUT2D eigenvalue weighted by atomic mass is 32.1. The molecule has 8 heteroatoms. The molecule has 0 spiro atoms. The molecule has 2 aromatic carbocycles. The number of hydrogen-bond donors (Lipinski definition) is 1. The molecule has 0 saturated carbocycles. The number of amides is 1. The molecular weight excluding hydrogens is 450 g/mol. The van der Waals surface area contributed by atoms with E-state index in [0.29, 0.717) is 10.6 Å². The van der Waals surface area contributed by atoms with Gasteiger partial charge in [-0.3, -0.25) is 9.59 Å². The average molecular weight is 474 g/mol. The van der Waals surface area contributed by atoms with Crippen LogP contribution in [0.25, 0.3) is 16.8 Å². The first-order valence-electron chi connectivity index (χ1n) is 10.9. The van der Waals surface area contributed by atoms with E-state index in [1.54, 1.807) is 12.3 Å². The zero-order valence-corrected chi connectivity index (χ0v) is 19.6. The number of anilines is 1. The Morgan fingerprint density at radius 2 is 1.76 bits per heavy atom. The van der Waals surface area contributed by atoms with E-state index in [0.717, 1.165) is 17.7 Å². The molecule has 0 fully saturated rings. The maximum Gasteiger partial charge on any atom is 0.341 e. The van der Waals surface area contributed by atoms with Crippen molar-refractivity contribution in [2.24, 2.45) is 0 Å². The highest BCUT2D eigenvalue weighted by Crippen LogP contribution is 2.36. The fourth-order valence-corrected chi connectivity index (χ4v) is 4.39. The number of carbonyl (C=O) groups excluding carboxylic acids is 2. The summed E-state index contributed by atoms with van der Waals surface area (Å²) in [4.78, 5) is 38.3. The first-order valence-corrected chi connectivity index (χ1v) is 11.7. The summed E-state index contributed by atoms with van der Waals surface area (Å²) in [5.74, 6) is -1.25. The van der Waals surface area contributed by atoms with Crippen molar-refractivity contribution >= 4 is 28.2 Å². The molecule has 0 unspecified atom stereocenters. The van der Waals surface area contributed by atoms with Gasteiger partial charge in [0.05, 0.1) is 12.3 Å². The van der Waals surface area contributed by atoms with E-state index >= 15 is 0 Å². The predicted octanol–water partition coefficient (Wildman–Crippen LogP) is 4.95. The molecule has 0 aliphatic carbocycles. The van der Waals surface area contributed by atoms with Crippen LogP contribution in [0.2, 0.25) is 0 Å². The maximum absolute atomic E-state index is 13.1. The minimum atomic E-state index is -0.698. The Morgan fingerprint density at radius 3 is 2.44 bits per heavy atom. The van der Waals surface area contributed by atoms with Crippen molar-refractivity contribution in [3.8, 4) is 16.8 Å². The number of carbonyl (C=O) groups is 2. The molecule has 34 heavy (non-hydrogen) atoms. The predicted molar refractivity (Wildman–Crippen MR) is 133 cm³/mol. The Labute approximate surface area is 200 Å². The van der Waals surface area contributed by atoms with Gasteiger partial charge in [-0.1, -0.05) is 49.4 Å². The summed E-state index contributed by atoms with van der Waals surface area (Å²) in [5, 5.41) is 9.03. The molecule has 0 atom stereocenters. The van der Waals surface area contributed by atoms with Crippen LogP contribution in [0, 0.1) is 0 Å². The van der Waals surface area contributed by atoms with Crippen LogP contribution >= 0.6 is 11.3 Å². The quantitative estimate of drug-likeness (QED) is 0.384. The third-order valence-corrected chi connectivity index (χ3v) is 6.11. The molecule has 0 aliphatic heterocycles. The van der Waals surface area contributed by atoms with Crippen LogP contribution in [0.15, 0.2) is 77.0 Å². The summed E-state index contributed by atoms with van der Waals surface area (Å²) >= 11 is 1.19. The van der Waals surface area contributed by atoms with Crippen LogP contribution in [0.5, 0.6) is 0 Å². The second kappa shape index (κ2) is 10.3. The molecule has 1 amide bonds. The van der Waals surface area contributed by atoms with E-state index < -0.39 is 17.3 Å². The third-order valence-electron chi connectivity index (χ3n) is 5.21. The van der Waals surface area contributed by atoms with Crippen molar-refractivity contribution in [1.29, 1.82) is 0 Å². The van der Waals surface area contributed by atoms with Crippen molar-refractivity contribution in [2.45, 2.75) is 20.3 Å². The molecular formula is C26H23N3O4S. The number of benzene rings is 2. The Bertz CT molecular complexity index is 1380. The van der Waals surface area contributed by atoms with Crippen molar-refractivity contribution < 1.29 is 14.3 Å². The number of nitrogens with one attached hydrogen (secondary N) is 1. The maximum atomic E-state index is 13.1. The highest BCUT2D eigenvalue weighted by molar-refractivity contribution is 7.15. The molecule has 0 bridgehead atoms. The molecule has 2 aromatic heterocycles. The van der Waals surface area contributed by atoms with Crippen LogP contribution < -0.4 is 10.7 Å².